The van der Waals surface area contributed by atoms with Crippen LogP contribution in [0.15, 0.2) is 36.4 Å². The summed E-state index contributed by atoms with van der Waals surface area (Å²) in [6, 6.07) is 11.5. The molecule has 1 aliphatic heterocycles. The molecule has 1 aromatic heterocycles. The second kappa shape index (κ2) is 8.39. The Bertz CT molecular complexity index is 1030. The van der Waals surface area contributed by atoms with E-state index in [1.165, 1.54) is 5.56 Å². The van der Waals surface area contributed by atoms with E-state index in [4.69, 9.17) is 14.5 Å². The summed E-state index contributed by atoms with van der Waals surface area (Å²) in [6.45, 7) is 9.78. The van der Waals surface area contributed by atoms with Crippen molar-refractivity contribution >= 4 is 32.6 Å². The van der Waals surface area contributed by atoms with Crippen LogP contribution in [0.1, 0.15) is 29.8 Å². The SMILES string of the molecule is CCN(CC)CCN(C(=O)c1ccc2c(c1)OCO2)c1nc2ccc(C)cc2s1. The minimum atomic E-state index is -0.0776. The fourth-order valence-electron chi connectivity index (χ4n) is 3.39. The van der Waals surface area contributed by atoms with E-state index in [0.717, 1.165) is 35.0 Å². The van der Waals surface area contributed by atoms with E-state index in [2.05, 4.69) is 31.7 Å². The number of aryl methyl sites for hydroxylation is 1. The summed E-state index contributed by atoms with van der Waals surface area (Å²) in [5, 5.41) is 0.723. The summed E-state index contributed by atoms with van der Waals surface area (Å²) in [4.78, 5) is 22.3. The van der Waals surface area contributed by atoms with Gasteiger partial charge in [0, 0.05) is 18.7 Å². The minimum absolute atomic E-state index is 0.0776. The normalized spacial score (nSPS) is 12.7. The van der Waals surface area contributed by atoms with Crippen LogP contribution in [0.3, 0.4) is 0 Å². The number of rotatable bonds is 7. The van der Waals surface area contributed by atoms with Crippen molar-refractivity contribution in [3.05, 3.63) is 47.5 Å². The van der Waals surface area contributed by atoms with E-state index in [9.17, 15) is 4.79 Å². The number of fused-ring (bicyclic) bond motifs is 2. The Kier molecular flexibility index (Phi) is 5.69. The lowest BCUT2D eigenvalue weighted by atomic mass is 10.1. The van der Waals surface area contributed by atoms with Crippen molar-refractivity contribution in [3.8, 4) is 11.5 Å². The van der Waals surface area contributed by atoms with Crippen LogP contribution in [0.4, 0.5) is 5.13 Å². The molecule has 7 heteroatoms. The first-order chi connectivity index (χ1) is 14.1. The van der Waals surface area contributed by atoms with Crippen LogP contribution in [0.5, 0.6) is 11.5 Å². The zero-order valence-electron chi connectivity index (χ0n) is 17.0. The number of carbonyl (C=O) groups is 1. The molecule has 0 bridgehead atoms. The van der Waals surface area contributed by atoms with Crippen LogP contribution in [0.2, 0.25) is 0 Å². The van der Waals surface area contributed by atoms with Gasteiger partial charge >= 0.3 is 0 Å². The maximum atomic E-state index is 13.5. The van der Waals surface area contributed by atoms with Gasteiger partial charge in [0.15, 0.2) is 16.6 Å². The maximum Gasteiger partial charge on any atom is 0.260 e. The number of benzene rings is 2. The number of amides is 1. The summed E-state index contributed by atoms with van der Waals surface area (Å²) < 4.78 is 11.9. The molecular weight excluding hydrogens is 386 g/mol. The molecular formula is C22H25N3O3S. The van der Waals surface area contributed by atoms with Crippen LogP contribution < -0.4 is 14.4 Å². The molecule has 0 spiro atoms. The van der Waals surface area contributed by atoms with Gasteiger partial charge in [0.25, 0.3) is 5.91 Å². The smallest absolute Gasteiger partial charge is 0.260 e. The number of nitrogens with zero attached hydrogens (tertiary/aromatic N) is 3. The first-order valence-electron chi connectivity index (χ1n) is 9.90. The summed E-state index contributed by atoms with van der Waals surface area (Å²) >= 11 is 1.55. The molecule has 4 rings (SSSR count). The highest BCUT2D eigenvalue weighted by Gasteiger charge is 2.24. The lowest BCUT2D eigenvalue weighted by molar-refractivity contribution is 0.0983. The van der Waals surface area contributed by atoms with Crippen LogP contribution in [-0.4, -0.2) is 48.8 Å². The highest BCUT2D eigenvalue weighted by atomic mass is 32.1. The Hall–Kier alpha value is -2.64. The lowest BCUT2D eigenvalue weighted by Crippen LogP contribution is -2.38. The summed E-state index contributed by atoms with van der Waals surface area (Å²) in [5.41, 5.74) is 2.68. The van der Waals surface area contributed by atoms with E-state index in [-0.39, 0.29) is 12.7 Å². The first-order valence-corrected chi connectivity index (χ1v) is 10.7. The van der Waals surface area contributed by atoms with Gasteiger partial charge in [-0.05, 0) is 55.9 Å². The molecule has 152 valence electrons. The summed E-state index contributed by atoms with van der Waals surface area (Å²) in [6.07, 6.45) is 0. The van der Waals surface area contributed by atoms with Crippen LogP contribution >= 0.6 is 11.3 Å². The number of hydrogen-bond donors (Lipinski definition) is 0. The minimum Gasteiger partial charge on any atom is -0.454 e. The highest BCUT2D eigenvalue weighted by molar-refractivity contribution is 7.22. The molecule has 1 amide bonds. The van der Waals surface area contributed by atoms with Crippen molar-refractivity contribution in [2.24, 2.45) is 0 Å². The fraction of sp³-hybridized carbons (Fsp3) is 0.364. The molecule has 6 nitrogen and oxygen atoms in total. The standard InChI is InChI=1S/C22H25N3O3S/c1-4-24(5-2)10-11-25(22-23-17-8-6-15(3)12-20(17)29-22)21(26)16-7-9-18-19(13-16)28-14-27-18/h6-9,12-13H,4-5,10-11,14H2,1-3H3. The maximum absolute atomic E-state index is 13.5. The molecule has 0 fully saturated rings. The molecule has 0 atom stereocenters. The van der Waals surface area contributed by atoms with E-state index >= 15 is 0 Å². The fourth-order valence-corrected chi connectivity index (χ4v) is 4.47. The van der Waals surface area contributed by atoms with Gasteiger partial charge in [-0.25, -0.2) is 4.98 Å². The molecule has 0 saturated carbocycles. The van der Waals surface area contributed by atoms with Crippen LogP contribution in [0.25, 0.3) is 10.2 Å². The predicted octanol–water partition coefficient (Wildman–Crippen LogP) is 4.32. The Morgan fingerprint density at radius 1 is 1.07 bits per heavy atom. The van der Waals surface area contributed by atoms with Gasteiger partial charge in [-0.1, -0.05) is 31.3 Å². The molecule has 2 heterocycles. The second-order valence-electron chi connectivity index (χ2n) is 7.02. The third-order valence-electron chi connectivity index (χ3n) is 5.16. The Morgan fingerprint density at radius 3 is 2.66 bits per heavy atom. The monoisotopic (exact) mass is 411 g/mol. The third-order valence-corrected chi connectivity index (χ3v) is 6.20. The highest BCUT2D eigenvalue weighted by Crippen LogP contribution is 2.34. The average Bonchev–Trinajstić information content (AvgIpc) is 3.36. The van der Waals surface area contributed by atoms with Crippen LogP contribution in [-0.2, 0) is 0 Å². The number of likely N-dealkylation sites (N-methyl/N-ethyl adjacent to an activating group) is 1. The molecule has 0 radical (unpaired) electrons. The van der Waals surface area contributed by atoms with Gasteiger partial charge in [0.2, 0.25) is 6.79 Å². The summed E-state index contributed by atoms with van der Waals surface area (Å²) in [5.74, 6) is 1.21. The molecule has 29 heavy (non-hydrogen) atoms. The molecule has 3 aromatic rings. The van der Waals surface area contributed by atoms with Crippen molar-refractivity contribution in [2.75, 3.05) is 37.9 Å². The first kappa shape index (κ1) is 19.7. The van der Waals surface area contributed by atoms with Crippen molar-refractivity contribution in [3.63, 3.8) is 0 Å². The van der Waals surface area contributed by atoms with Gasteiger partial charge in [-0.3, -0.25) is 9.69 Å². The number of hydrogen-bond acceptors (Lipinski definition) is 6. The average molecular weight is 412 g/mol. The van der Waals surface area contributed by atoms with Gasteiger partial charge in [0.1, 0.15) is 0 Å². The summed E-state index contributed by atoms with van der Waals surface area (Å²) in [7, 11) is 0. The van der Waals surface area contributed by atoms with Gasteiger partial charge in [0.05, 0.1) is 10.2 Å². The van der Waals surface area contributed by atoms with E-state index < -0.39 is 0 Å². The molecule has 0 N–H and O–H groups in total. The van der Waals surface area contributed by atoms with Crippen molar-refractivity contribution in [2.45, 2.75) is 20.8 Å². The molecule has 0 unspecified atom stereocenters. The van der Waals surface area contributed by atoms with Gasteiger partial charge in [-0.15, -0.1) is 0 Å². The zero-order chi connectivity index (χ0) is 20.4. The van der Waals surface area contributed by atoms with E-state index in [1.54, 1.807) is 34.4 Å². The molecule has 2 aromatic carbocycles. The largest absolute Gasteiger partial charge is 0.454 e. The number of anilines is 1. The van der Waals surface area contributed by atoms with Gasteiger partial charge in [-0.2, -0.15) is 0 Å². The number of ether oxygens (including phenoxy) is 2. The number of carbonyl (C=O) groups excluding carboxylic acids is 1. The zero-order valence-corrected chi connectivity index (χ0v) is 17.8. The third kappa shape index (κ3) is 4.06. The second-order valence-corrected chi connectivity index (χ2v) is 8.03. The Labute approximate surface area is 174 Å². The quantitative estimate of drug-likeness (QED) is 0.579. The lowest BCUT2D eigenvalue weighted by Gasteiger charge is -2.24. The topological polar surface area (TPSA) is 54.9 Å². The molecule has 0 aliphatic carbocycles. The predicted molar refractivity (Wildman–Crippen MR) is 116 cm³/mol. The number of aromatic nitrogens is 1. The van der Waals surface area contributed by atoms with Crippen molar-refractivity contribution < 1.29 is 14.3 Å². The van der Waals surface area contributed by atoms with Gasteiger partial charge < -0.3 is 14.4 Å². The number of thiazole rings is 1. The Morgan fingerprint density at radius 2 is 1.86 bits per heavy atom. The Balaban J connectivity index is 1.67. The van der Waals surface area contributed by atoms with E-state index in [0.29, 0.717) is 23.6 Å². The molecule has 0 saturated heterocycles. The van der Waals surface area contributed by atoms with E-state index in [1.807, 2.05) is 12.1 Å². The van der Waals surface area contributed by atoms with Crippen LogP contribution in [0, 0.1) is 6.92 Å². The molecule has 1 aliphatic rings. The van der Waals surface area contributed by atoms with Crippen molar-refractivity contribution in [1.82, 2.24) is 9.88 Å². The van der Waals surface area contributed by atoms with Crippen molar-refractivity contribution in [1.29, 1.82) is 0 Å².